The van der Waals surface area contributed by atoms with Gasteiger partial charge in [-0.25, -0.2) is 0 Å². The van der Waals surface area contributed by atoms with E-state index >= 15 is 0 Å². The van der Waals surface area contributed by atoms with Gasteiger partial charge in [0.25, 0.3) is 0 Å². The van der Waals surface area contributed by atoms with Crippen LogP contribution in [0.1, 0.15) is 18.2 Å². The Morgan fingerprint density at radius 3 is 2.56 bits per heavy atom. The summed E-state index contributed by atoms with van der Waals surface area (Å²) in [5, 5.41) is 13.9. The van der Waals surface area contributed by atoms with Gasteiger partial charge in [-0.2, -0.15) is 5.10 Å². The van der Waals surface area contributed by atoms with Crippen molar-refractivity contribution in [2.45, 2.75) is 26.5 Å². The topological polar surface area (TPSA) is 44.5 Å². The van der Waals surface area contributed by atoms with Crippen molar-refractivity contribution >= 4 is 5.82 Å². The summed E-state index contributed by atoms with van der Waals surface area (Å²) in [5.41, 5.74) is 1.89. The van der Waals surface area contributed by atoms with Gasteiger partial charge in [-0.15, -0.1) is 0 Å². The molecule has 0 spiro atoms. The van der Waals surface area contributed by atoms with Gasteiger partial charge in [0.05, 0.1) is 12.3 Å². The second-order valence-corrected chi connectivity index (χ2v) is 5.58. The van der Waals surface area contributed by atoms with E-state index in [-0.39, 0.29) is 6.61 Å². The number of hydrogen-bond acceptors (Lipinski definition) is 4. The Hall–Kier alpha value is -1.07. The van der Waals surface area contributed by atoms with Crippen molar-refractivity contribution in [2.24, 2.45) is 13.0 Å². The number of aliphatic hydroxyl groups excluding tert-OH is 1. The number of likely N-dealkylation sites (N-methyl/N-ethyl adjacent to an activating group) is 1. The second kappa shape index (κ2) is 4.90. The van der Waals surface area contributed by atoms with Crippen molar-refractivity contribution in [2.75, 3.05) is 32.1 Å². The van der Waals surface area contributed by atoms with E-state index in [0.717, 1.165) is 30.2 Å². The third kappa shape index (κ3) is 2.12. The van der Waals surface area contributed by atoms with Gasteiger partial charge in [0.1, 0.15) is 5.82 Å². The molecule has 1 aliphatic rings. The van der Waals surface area contributed by atoms with Crippen molar-refractivity contribution < 1.29 is 5.11 Å². The van der Waals surface area contributed by atoms with Crippen molar-refractivity contribution in [3.05, 3.63) is 11.3 Å². The highest BCUT2D eigenvalue weighted by Gasteiger charge is 2.33. The molecular formula is C13H24N4O. The van der Waals surface area contributed by atoms with Crippen molar-refractivity contribution in [3.8, 4) is 0 Å². The van der Waals surface area contributed by atoms with Crippen LogP contribution >= 0.6 is 0 Å². The smallest absolute Gasteiger partial charge is 0.132 e. The molecule has 102 valence electrons. The van der Waals surface area contributed by atoms with Crippen molar-refractivity contribution in [1.82, 2.24) is 14.7 Å². The first kappa shape index (κ1) is 13.4. The molecule has 0 amide bonds. The van der Waals surface area contributed by atoms with Crippen LogP contribution in [0.2, 0.25) is 0 Å². The van der Waals surface area contributed by atoms with E-state index in [1.54, 1.807) is 0 Å². The van der Waals surface area contributed by atoms with Crippen LogP contribution in [0.15, 0.2) is 0 Å². The molecule has 2 unspecified atom stereocenters. The zero-order chi connectivity index (χ0) is 13.4. The lowest BCUT2D eigenvalue weighted by Gasteiger charge is -2.23. The third-order valence-electron chi connectivity index (χ3n) is 4.01. The van der Waals surface area contributed by atoms with Crippen LogP contribution in [0.5, 0.6) is 0 Å². The summed E-state index contributed by atoms with van der Waals surface area (Å²) in [6.45, 7) is 6.33. The van der Waals surface area contributed by atoms with E-state index in [2.05, 4.69) is 35.9 Å². The molecule has 5 heteroatoms. The van der Waals surface area contributed by atoms with Gasteiger partial charge in [0.2, 0.25) is 0 Å². The van der Waals surface area contributed by atoms with E-state index in [0.29, 0.717) is 12.0 Å². The molecule has 2 atom stereocenters. The Morgan fingerprint density at radius 2 is 2.06 bits per heavy atom. The molecule has 1 aliphatic heterocycles. The Kier molecular flexibility index (Phi) is 3.64. The molecule has 0 radical (unpaired) electrons. The molecule has 2 rings (SSSR count). The molecule has 2 heterocycles. The molecule has 0 aromatic carbocycles. The molecule has 1 fully saturated rings. The summed E-state index contributed by atoms with van der Waals surface area (Å²) >= 11 is 0. The summed E-state index contributed by atoms with van der Waals surface area (Å²) in [4.78, 5) is 4.63. The lowest BCUT2D eigenvalue weighted by atomic mass is 10.1. The number of nitrogens with zero attached hydrogens (tertiary/aromatic N) is 4. The van der Waals surface area contributed by atoms with Gasteiger partial charge in [-0.05, 0) is 26.9 Å². The highest BCUT2D eigenvalue weighted by molar-refractivity contribution is 5.51. The number of anilines is 1. The highest BCUT2D eigenvalue weighted by atomic mass is 16.3. The normalized spacial score (nSPS) is 24.3. The van der Waals surface area contributed by atoms with E-state index in [1.807, 2.05) is 18.7 Å². The van der Waals surface area contributed by atoms with E-state index in [4.69, 9.17) is 0 Å². The number of aromatic nitrogens is 2. The zero-order valence-electron chi connectivity index (χ0n) is 12.0. The minimum Gasteiger partial charge on any atom is -0.391 e. The number of rotatable bonds is 3. The van der Waals surface area contributed by atoms with Crippen molar-refractivity contribution in [1.29, 1.82) is 0 Å². The van der Waals surface area contributed by atoms with Gasteiger partial charge >= 0.3 is 0 Å². The summed E-state index contributed by atoms with van der Waals surface area (Å²) in [7, 11) is 6.22. The van der Waals surface area contributed by atoms with Crippen LogP contribution in [0.3, 0.4) is 0 Å². The fourth-order valence-electron chi connectivity index (χ4n) is 3.07. The summed E-state index contributed by atoms with van der Waals surface area (Å²) in [6, 6.07) is 0.562. The zero-order valence-corrected chi connectivity index (χ0v) is 12.0. The molecule has 0 bridgehead atoms. The Bertz CT molecular complexity index is 427. The van der Waals surface area contributed by atoms with Crippen LogP contribution in [0.25, 0.3) is 0 Å². The maximum atomic E-state index is 9.52. The first-order chi connectivity index (χ1) is 8.45. The molecule has 1 aromatic rings. The molecule has 1 aromatic heterocycles. The number of aliphatic hydroxyl groups is 1. The van der Waals surface area contributed by atoms with E-state index in [9.17, 15) is 5.11 Å². The Balaban J connectivity index is 2.29. The van der Waals surface area contributed by atoms with Crippen LogP contribution in [0, 0.1) is 12.8 Å². The standard InChI is InChI=1S/C13H24N4O/c1-9-6-17(7-12(9)15(3)4)13-11(8-18)10(2)14-16(13)5/h9,12,18H,6-8H2,1-5H3. The minimum atomic E-state index is 0.0620. The summed E-state index contributed by atoms with van der Waals surface area (Å²) in [6.07, 6.45) is 0. The van der Waals surface area contributed by atoms with Gasteiger partial charge in [-0.3, -0.25) is 4.68 Å². The number of hydrogen-bond donors (Lipinski definition) is 1. The van der Waals surface area contributed by atoms with E-state index in [1.165, 1.54) is 0 Å². The van der Waals surface area contributed by atoms with Gasteiger partial charge < -0.3 is 14.9 Å². The maximum absolute atomic E-state index is 9.52. The monoisotopic (exact) mass is 252 g/mol. The maximum Gasteiger partial charge on any atom is 0.132 e. The molecule has 5 nitrogen and oxygen atoms in total. The Labute approximate surface area is 109 Å². The quantitative estimate of drug-likeness (QED) is 0.856. The van der Waals surface area contributed by atoms with Gasteiger partial charge in [0.15, 0.2) is 0 Å². The fourth-order valence-corrected chi connectivity index (χ4v) is 3.07. The van der Waals surface area contributed by atoms with Gasteiger partial charge in [-0.1, -0.05) is 6.92 Å². The number of aryl methyl sites for hydroxylation is 2. The van der Waals surface area contributed by atoms with Gasteiger partial charge in [0, 0.05) is 31.7 Å². The van der Waals surface area contributed by atoms with Crippen LogP contribution in [0.4, 0.5) is 5.82 Å². The SMILES string of the molecule is Cc1nn(C)c(N2CC(C)C(N(C)C)C2)c1CO. The molecule has 1 N–H and O–H groups in total. The first-order valence-corrected chi connectivity index (χ1v) is 6.50. The van der Waals surface area contributed by atoms with Crippen LogP contribution in [-0.4, -0.2) is 53.0 Å². The second-order valence-electron chi connectivity index (χ2n) is 5.58. The molecule has 18 heavy (non-hydrogen) atoms. The average Bonchev–Trinajstić information content (AvgIpc) is 2.78. The lowest BCUT2D eigenvalue weighted by Crippen LogP contribution is -2.34. The van der Waals surface area contributed by atoms with E-state index < -0.39 is 0 Å². The average molecular weight is 252 g/mol. The van der Waals surface area contributed by atoms with Crippen molar-refractivity contribution in [3.63, 3.8) is 0 Å². The lowest BCUT2D eigenvalue weighted by molar-refractivity contribution is 0.266. The minimum absolute atomic E-state index is 0.0620. The van der Waals surface area contributed by atoms with Crippen LogP contribution < -0.4 is 4.90 Å². The first-order valence-electron chi connectivity index (χ1n) is 6.50. The molecular weight excluding hydrogens is 228 g/mol. The summed E-state index contributed by atoms with van der Waals surface area (Å²) in [5.74, 6) is 1.70. The molecule has 0 saturated carbocycles. The fraction of sp³-hybridized carbons (Fsp3) is 0.769. The highest BCUT2D eigenvalue weighted by Crippen LogP contribution is 2.30. The van der Waals surface area contributed by atoms with Crippen LogP contribution in [-0.2, 0) is 13.7 Å². The Morgan fingerprint density at radius 1 is 1.39 bits per heavy atom. The molecule has 0 aliphatic carbocycles. The predicted octanol–water partition coefficient (Wildman–Crippen LogP) is 0.607. The summed E-state index contributed by atoms with van der Waals surface area (Å²) < 4.78 is 1.89. The molecule has 1 saturated heterocycles. The third-order valence-corrected chi connectivity index (χ3v) is 4.01. The predicted molar refractivity (Wildman–Crippen MR) is 72.7 cm³/mol. The largest absolute Gasteiger partial charge is 0.391 e.